The number of carbonyl (C=O) groups excluding carboxylic acids is 1. The van der Waals surface area contributed by atoms with Crippen LogP contribution in [0.5, 0.6) is 0 Å². The molecule has 0 aromatic rings. The van der Waals surface area contributed by atoms with Gasteiger partial charge < -0.3 is 20.1 Å². The quantitative estimate of drug-likeness (QED) is 0.0268. The van der Waals surface area contributed by atoms with E-state index < -0.39 is 13.9 Å². The minimum atomic E-state index is -4.29. The lowest BCUT2D eigenvalue weighted by Gasteiger charge is -2.20. The molecule has 9 heteroatoms. The first-order chi connectivity index (χ1) is 33.4. The number of unbranched alkanes of at least 4 members (excludes halogenated alkanes) is 35. The van der Waals surface area contributed by atoms with Crippen molar-refractivity contribution >= 4 is 13.8 Å². The maximum atomic E-state index is 12.7. The molecule has 0 aromatic heterocycles. The lowest BCUT2D eigenvalue weighted by atomic mass is 10.0. The van der Waals surface area contributed by atoms with Crippen molar-refractivity contribution < 1.29 is 32.8 Å². The second-order valence-electron chi connectivity index (χ2n) is 19.5. The van der Waals surface area contributed by atoms with Gasteiger partial charge in [0.05, 0.1) is 19.8 Å². The molecule has 0 radical (unpaired) electrons. The molecule has 0 saturated heterocycles. The Bertz CT molecular complexity index is 1190. The zero-order chi connectivity index (χ0) is 49.4. The van der Waals surface area contributed by atoms with Gasteiger partial charge in [-0.15, -0.1) is 0 Å². The monoisotopic (exact) mass is 978 g/mol. The summed E-state index contributed by atoms with van der Waals surface area (Å²) in [7, 11) is -4.29. The van der Waals surface area contributed by atoms with Crippen molar-refractivity contribution in [2.45, 2.75) is 290 Å². The summed E-state index contributed by atoms with van der Waals surface area (Å²) in [6, 6.07) is 0. The van der Waals surface area contributed by atoms with Crippen LogP contribution in [0.1, 0.15) is 284 Å². The average molecular weight is 979 g/mol. The fourth-order valence-corrected chi connectivity index (χ4v) is 9.29. The van der Waals surface area contributed by atoms with Gasteiger partial charge in [0.2, 0.25) is 0 Å². The van der Waals surface area contributed by atoms with Gasteiger partial charge in [0, 0.05) is 19.6 Å². The Labute approximate surface area is 421 Å². The Morgan fingerprint density at radius 3 is 1.24 bits per heavy atom. The molecule has 0 aliphatic carbocycles. The first-order valence-corrected chi connectivity index (χ1v) is 30.6. The lowest BCUT2D eigenvalue weighted by Crippen LogP contribution is -2.28. The minimum absolute atomic E-state index is 0.0952. The summed E-state index contributed by atoms with van der Waals surface area (Å²) in [4.78, 5) is 22.7. The van der Waals surface area contributed by atoms with E-state index in [2.05, 4.69) is 62.5 Å². The van der Waals surface area contributed by atoms with Gasteiger partial charge in [-0.25, -0.2) is 4.57 Å². The molecular weight excluding hydrogens is 866 g/mol. The van der Waals surface area contributed by atoms with E-state index in [1.54, 1.807) is 0 Å². The molecule has 68 heavy (non-hydrogen) atoms. The number of esters is 1. The van der Waals surface area contributed by atoms with Crippen molar-refractivity contribution in [1.29, 1.82) is 0 Å². The second kappa shape index (κ2) is 56.4. The molecule has 0 rings (SSSR count). The Morgan fingerprint density at radius 2 is 0.824 bits per heavy atom. The molecular formula is C59H112NO7P. The van der Waals surface area contributed by atoms with Gasteiger partial charge >= 0.3 is 13.8 Å². The van der Waals surface area contributed by atoms with E-state index in [0.29, 0.717) is 13.0 Å². The first-order valence-electron chi connectivity index (χ1n) is 29.1. The summed E-state index contributed by atoms with van der Waals surface area (Å²) in [5.74, 6) is -0.325. The number of phosphoric ester groups is 1. The zero-order valence-corrected chi connectivity index (χ0v) is 45.7. The summed E-state index contributed by atoms with van der Waals surface area (Å²) in [5.41, 5.74) is 5.41. The first kappa shape index (κ1) is 66.5. The van der Waals surface area contributed by atoms with E-state index in [-0.39, 0.29) is 32.3 Å². The number of allylic oxidation sites excluding steroid dienone is 8. The minimum Gasteiger partial charge on any atom is -0.457 e. The fourth-order valence-electron chi connectivity index (χ4n) is 8.52. The van der Waals surface area contributed by atoms with Crippen molar-refractivity contribution in [2.24, 2.45) is 5.73 Å². The van der Waals surface area contributed by atoms with Gasteiger partial charge in [0.15, 0.2) is 0 Å². The van der Waals surface area contributed by atoms with Crippen LogP contribution in [0.15, 0.2) is 48.6 Å². The van der Waals surface area contributed by atoms with Gasteiger partial charge in [-0.3, -0.25) is 13.8 Å². The third kappa shape index (κ3) is 55.4. The zero-order valence-electron chi connectivity index (χ0n) is 44.9. The number of hydrogen-bond acceptors (Lipinski definition) is 7. The van der Waals surface area contributed by atoms with Crippen molar-refractivity contribution in [3.05, 3.63) is 48.6 Å². The largest absolute Gasteiger partial charge is 0.472 e. The Kier molecular flexibility index (Phi) is 55.1. The fraction of sp³-hybridized carbons (Fsp3) is 0.847. The van der Waals surface area contributed by atoms with E-state index in [4.69, 9.17) is 24.3 Å². The highest BCUT2D eigenvalue weighted by atomic mass is 31.2. The molecule has 0 aliphatic heterocycles. The number of ether oxygens (including phenoxy) is 2. The van der Waals surface area contributed by atoms with Gasteiger partial charge in [-0.1, -0.05) is 274 Å². The molecule has 0 heterocycles. The van der Waals surface area contributed by atoms with E-state index in [0.717, 1.165) is 57.8 Å². The van der Waals surface area contributed by atoms with E-state index >= 15 is 0 Å². The normalized spacial score (nSPS) is 13.5. The van der Waals surface area contributed by atoms with Crippen LogP contribution in [-0.4, -0.2) is 49.9 Å². The predicted octanol–water partition coefficient (Wildman–Crippen LogP) is 18.7. The Hall–Kier alpha value is -1.54. The number of nitrogens with two attached hydrogens (primary N) is 1. The van der Waals surface area contributed by atoms with Crippen LogP contribution in [0, 0.1) is 0 Å². The van der Waals surface area contributed by atoms with Crippen molar-refractivity contribution in [1.82, 2.24) is 0 Å². The highest BCUT2D eigenvalue weighted by molar-refractivity contribution is 7.47. The molecule has 0 saturated carbocycles. The molecule has 400 valence electrons. The molecule has 0 aromatic carbocycles. The van der Waals surface area contributed by atoms with Gasteiger partial charge in [0.1, 0.15) is 6.10 Å². The second-order valence-corrected chi connectivity index (χ2v) is 20.9. The van der Waals surface area contributed by atoms with Crippen LogP contribution in [-0.2, 0) is 27.9 Å². The maximum absolute atomic E-state index is 12.7. The molecule has 0 fully saturated rings. The molecule has 0 spiro atoms. The highest BCUT2D eigenvalue weighted by Gasteiger charge is 2.25. The van der Waals surface area contributed by atoms with Crippen LogP contribution < -0.4 is 5.73 Å². The molecule has 0 bridgehead atoms. The summed E-state index contributed by atoms with van der Waals surface area (Å²) in [6.45, 7) is 4.86. The number of phosphoric acid groups is 1. The van der Waals surface area contributed by atoms with E-state index in [1.165, 1.54) is 205 Å². The summed E-state index contributed by atoms with van der Waals surface area (Å²) >= 11 is 0. The molecule has 3 N–H and O–H groups in total. The third-order valence-corrected chi connectivity index (χ3v) is 13.7. The molecule has 0 amide bonds. The molecule has 2 atom stereocenters. The molecule has 2 unspecified atom stereocenters. The topological polar surface area (TPSA) is 117 Å². The van der Waals surface area contributed by atoms with Crippen LogP contribution in [0.25, 0.3) is 0 Å². The SMILES string of the molecule is CC/C=C\C/C=C\C/C=C\C/C=C\CCCCCCCCCCCCCOCC(COP(=O)(O)OCCN)OC(=O)CCCCCCCCCCCCCCCCCCCCCCCCCCC. The third-order valence-electron chi connectivity index (χ3n) is 12.8. The van der Waals surface area contributed by atoms with Gasteiger partial charge in [-0.05, 0) is 51.4 Å². The van der Waals surface area contributed by atoms with E-state index in [9.17, 15) is 14.3 Å². The average Bonchev–Trinajstić information content (AvgIpc) is 3.33. The smallest absolute Gasteiger partial charge is 0.457 e. The lowest BCUT2D eigenvalue weighted by molar-refractivity contribution is -0.154. The predicted molar refractivity (Wildman–Crippen MR) is 293 cm³/mol. The highest BCUT2D eigenvalue weighted by Crippen LogP contribution is 2.43. The van der Waals surface area contributed by atoms with E-state index in [1.807, 2.05) is 0 Å². The Morgan fingerprint density at radius 1 is 0.456 bits per heavy atom. The molecule has 0 aliphatic rings. The number of carbonyl (C=O) groups is 1. The van der Waals surface area contributed by atoms with Crippen LogP contribution in [0.3, 0.4) is 0 Å². The van der Waals surface area contributed by atoms with Crippen LogP contribution >= 0.6 is 7.82 Å². The number of hydrogen-bond donors (Lipinski definition) is 2. The van der Waals surface area contributed by atoms with Crippen LogP contribution in [0.4, 0.5) is 0 Å². The maximum Gasteiger partial charge on any atom is 0.472 e. The summed E-state index contributed by atoms with van der Waals surface area (Å²) < 4.78 is 33.7. The van der Waals surface area contributed by atoms with Crippen molar-refractivity contribution in [3.8, 4) is 0 Å². The number of rotatable bonds is 56. The van der Waals surface area contributed by atoms with Crippen molar-refractivity contribution in [3.63, 3.8) is 0 Å². The standard InChI is InChI=1S/C59H112NO7P/c1-3-5-7-9-11-13-15-17-19-21-23-25-27-29-30-32-34-36-38-40-42-44-46-48-50-52-59(61)67-58(57-66-68(62,63)65-55-53-60)56-64-54-51-49-47-45-43-41-39-37-35-33-31-28-26-24-22-20-18-16-14-12-10-8-6-4-2/h6,8,12,14,18,20,24,26,58H,3-5,7,9-11,13,15-17,19,21-23,25,27-57,60H2,1-2H3,(H,62,63)/b8-6-,14-12-,20-18-,26-24-. The van der Waals surface area contributed by atoms with Gasteiger partial charge in [-0.2, -0.15) is 0 Å². The Balaban J connectivity index is 3.85. The van der Waals surface area contributed by atoms with Gasteiger partial charge in [0.25, 0.3) is 0 Å². The summed E-state index contributed by atoms with van der Waals surface area (Å²) in [5, 5.41) is 0. The van der Waals surface area contributed by atoms with Crippen LogP contribution in [0.2, 0.25) is 0 Å². The molecule has 8 nitrogen and oxygen atoms in total. The van der Waals surface area contributed by atoms with Crippen molar-refractivity contribution in [2.75, 3.05) is 33.0 Å². The summed E-state index contributed by atoms with van der Waals surface area (Å²) in [6.07, 6.45) is 70.3.